The van der Waals surface area contributed by atoms with E-state index in [4.69, 9.17) is 4.74 Å². The average Bonchev–Trinajstić information content (AvgIpc) is 3.11. The van der Waals surface area contributed by atoms with Crippen molar-refractivity contribution in [2.45, 2.75) is 51.9 Å². The summed E-state index contributed by atoms with van der Waals surface area (Å²) in [6, 6.07) is 9.52. The lowest BCUT2D eigenvalue weighted by Crippen LogP contribution is -2.48. The Morgan fingerprint density at radius 1 is 1.09 bits per heavy atom. The number of alkyl halides is 1. The molecule has 1 saturated heterocycles. The van der Waals surface area contributed by atoms with Crippen molar-refractivity contribution in [3.63, 3.8) is 0 Å². The molecule has 3 heterocycles. The Hall–Kier alpha value is -2.51. The summed E-state index contributed by atoms with van der Waals surface area (Å²) >= 11 is 0. The number of hydrogen-bond donors (Lipinski definition) is 1. The number of halogens is 3. The quantitative estimate of drug-likeness (QED) is 0.455. The molecule has 0 bridgehead atoms. The molecule has 5 rings (SSSR count). The highest BCUT2D eigenvalue weighted by Crippen LogP contribution is 2.43. The monoisotopic (exact) mass is 485 g/mol. The van der Waals surface area contributed by atoms with Gasteiger partial charge < -0.3 is 9.72 Å². The van der Waals surface area contributed by atoms with Gasteiger partial charge in [0.05, 0.1) is 6.04 Å². The number of ether oxygens (including phenoxy) is 1. The topological polar surface area (TPSA) is 31.5 Å². The standard InChI is InChI=1S/C28H34F3N3O/c1-17-14-33(15-17)9-10-35-19-12-22(29)25(23(30)13-19)27-26-21(20-7-5-6-8-24(20)32-26)11-18(2)34(27)16-28(3,4)31/h5-8,12-13,17-18,27,32H,9-11,14-16H2,1-4H3/t18-,27-/m1/s1. The van der Waals surface area contributed by atoms with Crippen LogP contribution in [0.25, 0.3) is 10.9 Å². The van der Waals surface area contributed by atoms with Crippen molar-refractivity contribution in [1.29, 1.82) is 0 Å². The first-order chi connectivity index (χ1) is 16.6. The van der Waals surface area contributed by atoms with Gasteiger partial charge in [-0.3, -0.25) is 9.80 Å². The number of nitrogens with one attached hydrogen (secondary N) is 1. The summed E-state index contributed by atoms with van der Waals surface area (Å²) in [4.78, 5) is 7.53. The molecule has 1 aromatic heterocycles. The van der Waals surface area contributed by atoms with E-state index < -0.39 is 23.3 Å². The Labute approximate surface area is 205 Å². The second kappa shape index (κ2) is 9.17. The van der Waals surface area contributed by atoms with Crippen LogP contribution >= 0.6 is 0 Å². The van der Waals surface area contributed by atoms with Crippen molar-refractivity contribution in [3.8, 4) is 5.75 Å². The second-order valence-electron chi connectivity index (χ2n) is 10.9. The lowest BCUT2D eigenvalue weighted by molar-refractivity contribution is 0.0641. The summed E-state index contributed by atoms with van der Waals surface area (Å²) in [7, 11) is 0. The fourth-order valence-electron chi connectivity index (χ4n) is 5.71. The zero-order valence-electron chi connectivity index (χ0n) is 20.9. The van der Waals surface area contributed by atoms with Crippen molar-refractivity contribution in [3.05, 3.63) is 64.9 Å². The second-order valence-corrected chi connectivity index (χ2v) is 10.9. The molecule has 3 aromatic rings. The van der Waals surface area contributed by atoms with Gasteiger partial charge in [-0.2, -0.15) is 0 Å². The molecule has 2 aliphatic heterocycles. The number of hydrogen-bond acceptors (Lipinski definition) is 3. The van der Waals surface area contributed by atoms with Gasteiger partial charge in [-0.15, -0.1) is 0 Å². The minimum absolute atomic E-state index is 0.0546. The van der Waals surface area contributed by atoms with Crippen LogP contribution in [-0.2, 0) is 6.42 Å². The molecule has 2 aromatic carbocycles. The highest BCUT2D eigenvalue weighted by molar-refractivity contribution is 5.85. The Bertz CT molecular complexity index is 1190. The molecule has 188 valence electrons. The maximum Gasteiger partial charge on any atom is 0.135 e. The number of H-pyrrole nitrogens is 1. The molecule has 0 unspecified atom stereocenters. The van der Waals surface area contributed by atoms with Gasteiger partial charge in [-0.05, 0) is 44.7 Å². The molecule has 4 nitrogen and oxygen atoms in total. The molecule has 2 aliphatic rings. The van der Waals surface area contributed by atoms with Crippen LogP contribution in [0.15, 0.2) is 36.4 Å². The maximum absolute atomic E-state index is 15.6. The van der Waals surface area contributed by atoms with Crippen molar-refractivity contribution >= 4 is 10.9 Å². The minimum atomic E-state index is -1.53. The normalized spacial score (nSPS) is 21.8. The Kier molecular flexibility index (Phi) is 6.34. The van der Waals surface area contributed by atoms with E-state index in [2.05, 4.69) is 16.8 Å². The number of nitrogens with zero attached hydrogens (tertiary/aromatic N) is 2. The van der Waals surface area contributed by atoms with Crippen LogP contribution in [0.5, 0.6) is 5.75 Å². The first-order valence-electron chi connectivity index (χ1n) is 12.5. The average molecular weight is 486 g/mol. The SMILES string of the molecule is CC1CN(CCOc2cc(F)c([C@@H]3c4[nH]c5ccccc5c4C[C@@H](C)N3CC(C)(C)F)c(F)c2)C1. The highest BCUT2D eigenvalue weighted by Gasteiger charge is 2.41. The molecule has 0 saturated carbocycles. The van der Waals surface area contributed by atoms with E-state index in [1.165, 1.54) is 26.0 Å². The maximum atomic E-state index is 15.6. The predicted molar refractivity (Wildman–Crippen MR) is 133 cm³/mol. The van der Waals surface area contributed by atoms with Gasteiger partial charge in [-0.1, -0.05) is 25.1 Å². The Morgan fingerprint density at radius 2 is 1.77 bits per heavy atom. The molecule has 35 heavy (non-hydrogen) atoms. The summed E-state index contributed by atoms with van der Waals surface area (Å²) in [6.45, 7) is 10.4. The zero-order chi connectivity index (χ0) is 24.9. The van der Waals surface area contributed by atoms with E-state index in [9.17, 15) is 4.39 Å². The molecule has 0 radical (unpaired) electrons. The molecule has 0 aliphatic carbocycles. The van der Waals surface area contributed by atoms with Gasteiger partial charge in [0.1, 0.15) is 29.7 Å². The van der Waals surface area contributed by atoms with Gasteiger partial charge in [-0.25, -0.2) is 13.2 Å². The molecule has 2 atom stereocenters. The smallest absolute Gasteiger partial charge is 0.135 e. The van der Waals surface area contributed by atoms with Crippen LogP contribution in [-0.4, -0.2) is 59.3 Å². The lowest BCUT2D eigenvalue weighted by Gasteiger charge is -2.43. The number of aromatic amines is 1. The Balaban J connectivity index is 1.51. The minimum Gasteiger partial charge on any atom is -0.492 e. The number of benzene rings is 2. The van der Waals surface area contributed by atoms with Crippen LogP contribution in [0.4, 0.5) is 13.2 Å². The van der Waals surface area contributed by atoms with Crippen LogP contribution in [0.3, 0.4) is 0 Å². The first-order valence-corrected chi connectivity index (χ1v) is 12.5. The van der Waals surface area contributed by atoms with Gasteiger partial charge in [0.25, 0.3) is 0 Å². The predicted octanol–water partition coefficient (Wildman–Crippen LogP) is 5.86. The van der Waals surface area contributed by atoms with E-state index >= 15 is 8.78 Å². The summed E-state index contributed by atoms with van der Waals surface area (Å²) < 4.78 is 51.8. The van der Waals surface area contributed by atoms with Crippen LogP contribution < -0.4 is 4.74 Å². The molecular weight excluding hydrogens is 451 g/mol. The molecule has 0 amide bonds. The largest absolute Gasteiger partial charge is 0.492 e. The fraction of sp³-hybridized carbons (Fsp3) is 0.500. The summed E-state index contributed by atoms with van der Waals surface area (Å²) in [5.74, 6) is -0.491. The summed E-state index contributed by atoms with van der Waals surface area (Å²) in [5.41, 5.74) is 1.08. The molecule has 7 heteroatoms. The van der Waals surface area contributed by atoms with Crippen LogP contribution in [0.2, 0.25) is 0 Å². The lowest BCUT2D eigenvalue weighted by atomic mass is 9.87. The zero-order valence-corrected chi connectivity index (χ0v) is 20.9. The van der Waals surface area contributed by atoms with Crippen LogP contribution in [0, 0.1) is 17.6 Å². The number of fused-ring (bicyclic) bond motifs is 3. The van der Waals surface area contributed by atoms with E-state index in [1.54, 1.807) is 0 Å². The first kappa shape index (κ1) is 24.2. The third kappa shape index (κ3) is 4.81. The summed E-state index contributed by atoms with van der Waals surface area (Å²) in [5, 5.41) is 1.04. The van der Waals surface area contributed by atoms with Gasteiger partial charge in [0.15, 0.2) is 0 Å². The van der Waals surface area contributed by atoms with Gasteiger partial charge in [0.2, 0.25) is 0 Å². The molecule has 0 spiro atoms. The van der Waals surface area contributed by atoms with Crippen molar-refractivity contribution in [2.24, 2.45) is 5.92 Å². The van der Waals surface area contributed by atoms with Crippen molar-refractivity contribution in [2.75, 3.05) is 32.8 Å². The summed E-state index contributed by atoms with van der Waals surface area (Å²) in [6.07, 6.45) is 0.672. The number of likely N-dealkylation sites (tertiary alicyclic amines) is 1. The molecule has 1 fully saturated rings. The van der Waals surface area contributed by atoms with Gasteiger partial charge in [0, 0.05) is 66.5 Å². The fourth-order valence-corrected chi connectivity index (χ4v) is 5.71. The van der Waals surface area contributed by atoms with E-state index in [1.807, 2.05) is 36.1 Å². The highest BCUT2D eigenvalue weighted by atomic mass is 19.1. The van der Waals surface area contributed by atoms with Gasteiger partial charge >= 0.3 is 0 Å². The number of para-hydroxylation sites is 1. The van der Waals surface area contributed by atoms with E-state index in [-0.39, 0.29) is 23.9 Å². The van der Waals surface area contributed by atoms with E-state index in [0.29, 0.717) is 18.9 Å². The molecule has 1 N–H and O–H groups in total. The number of aromatic nitrogens is 1. The molecular formula is C28H34F3N3O. The van der Waals surface area contributed by atoms with Crippen molar-refractivity contribution in [1.82, 2.24) is 14.8 Å². The third-order valence-electron chi connectivity index (χ3n) is 7.22. The Morgan fingerprint density at radius 3 is 2.43 bits per heavy atom. The number of rotatable bonds is 7. The van der Waals surface area contributed by atoms with Crippen LogP contribution in [0.1, 0.15) is 50.6 Å². The third-order valence-corrected chi connectivity index (χ3v) is 7.22. The van der Waals surface area contributed by atoms with Crippen molar-refractivity contribution < 1.29 is 17.9 Å². The van der Waals surface area contributed by atoms with E-state index in [0.717, 1.165) is 41.8 Å².